The molecule has 3 rings (SSSR count). The van der Waals surface area contributed by atoms with E-state index < -0.39 is 12.6 Å². The van der Waals surface area contributed by atoms with Gasteiger partial charge < -0.3 is 9.84 Å². The molecule has 0 saturated carbocycles. The molecule has 0 atom stereocenters. The Labute approximate surface area is 182 Å². The maximum absolute atomic E-state index is 12.9. The number of ether oxygens (including phenoxy) is 1. The molecule has 0 aliphatic rings. The first-order valence-corrected chi connectivity index (χ1v) is 10.2. The Balaban J connectivity index is 1.96. The van der Waals surface area contributed by atoms with Crippen LogP contribution in [0.4, 0.5) is 0 Å². The number of aromatic nitrogens is 2. The zero-order chi connectivity index (χ0) is 20.3. The van der Waals surface area contributed by atoms with Crippen LogP contribution in [0.2, 0.25) is 0 Å². The van der Waals surface area contributed by atoms with Gasteiger partial charge in [-0.25, -0.2) is 9.78 Å². The molecule has 1 aromatic heterocycles. The maximum atomic E-state index is 12.9. The predicted octanol–water partition coefficient (Wildman–Crippen LogP) is 3.67. The summed E-state index contributed by atoms with van der Waals surface area (Å²) in [7, 11) is 0. The van der Waals surface area contributed by atoms with Crippen LogP contribution in [0.1, 0.15) is 18.3 Å². The van der Waals surface area contributed by atoms with Crippen molar-refractivity contribution in [1.29, 1.82) is 0 Å². The zero-order valence-electron chi connectivity index (χ0n) is 14.7. The van der Waals surface area contributed by atoms with E-state index in [0.29, 0.717) is 28.9 Å². The highest BCUT2D eigenvalue weighted by molar-refractivity contribution is 14.1. The summed E-state index contributed by atoms with van der Waals surface area (Å²) in [4.78, 5) is 28.0. The second-order valence-corrected chi connectivity index (χ2v) is 7.85. The number of aliphatic carboxylic acids is 1. The first-order valence-electron chi connectivity index (χ1n) is 8.28. The summed E-state index contributed by atoms with van der Waals surface area (Å²) < 4.78 is 8.05. The monoisotopic (exact) mass is 555 g/mol. The van der Waals surface area contributed by atoms with Crippen molar-refractivity contribution < 1.29 is 14.6 Å². The fourth-order valence-electron chi connectivity index (χ4n) is 2.52. The summed E-state index contributed by atoms with van der Waals surface area (Å²) in [6.45, 7) is 1.51. The molecule has 0 unspecified atom stereocenters. The molecular weight excluding hydrogens is 541 g/mol. The molecule has 2 aromatic carbocycles. The molecule has 0 amide bonds. The third-order valence-corrected chi connectivity index (χ3v) is 5.16. The number of carboxylic acids is 1. The number of rotatable bonds is 6. The molecule has 0 spiro atoms. The third kappa shape index (κ3) is 4.58. The average molecular weight is 556 g/mol. The number of halogens is 2. The minimum absolute atomic E-state index is 0.240. The van der Waals surface area contributed by atoms with Crippen molar-refractivity contribution in [3.8, 4) is 5.75 Å². The van der Waals surface area contributed by atoms with Gasteiger partial charge in [-0.2, -0.15) is 9.78 Å². The van der Waals surface area contributed by atoms with E-state index in [1.54, 1.807) is 36.5 Å². The summed E-state index contributed by atoms with van der Waals surface area (Å²) in [5, 5.41) is 13.5. The van der Waals surface area contributed by atoms with Gasteiger partial charge in [0, 0.05) is 10.9 Å². The van der Waals surface area contributed by atoms with Gasteiger partial charge >= 0.3 is 5.97 Å². The molecule has 9 heteroatoms. The average Bonchev–Trinajstić information content (AvgIpc) is 2.66. The second-order valence-electron chi connectivity index (χ2n) is 5.78. The molecule has 28 heavy (non-hydrogen) atoms. The number of carbonyl (C=O) groups is 1. The van der Waals surface area contributed by atoms with Crippen molar-refractivity contribution in [2.45, 2.75) is 13.3 Å². The lowest BCUT2D eigenvalue weighted by molar-refractivity contribution is -0.139. The largest absolute Gasteiger partial charge is 0.481 e. The highest BCUT2D eigenvalue weighted by atomic mass is 127. The summed E-state index contributed by atoms with van der Waals surface area (Å²) in [5.74, 6) is -0.000632. The van der Waals surface area contributed by atoms with Crippen molar-refractivity contribution in [2.75, 3.05) is 6.61 Å². The Morgan fingerprint density at radius 1 is 1.36 bits per heavy atom. The van der Waals surface area contributed by atoms with E-state index in [2.05, 4.69) is 48.6 Å². The van der Waals surface area contributed by atoms with Gasteiger partial charge in [-0.15, -0.1) is 0 Å². The number of fused-ring (bicyclic) bond motifs is 1. The Bertz CT molecular complexity index is 1140. The van der Waals surface area contributed by atoms with E-state index >= 15 is 0 Å². The number of hydrogen-bond donors (Lipinski definition) is 1. The molecule has 3 aromatic rings. The van der Waals surface area contributed by atoms with Crippen molar-refractivity contribution in [3.63, 3.8) is 0 Å². The predicted molar refractivity (Wildman–Crippen MR) is 118 cm³/mol. The normalized spacial score (nSPS) is 11.2. The van der Waals surface area contributed by atoms with E-state index in [1.807, 2.05) is 13.0 Å². The lowest BCUT2D eigenvalue weighted by Gasteiger charge is -2.08. The van der Waals surface area contributed by atoms with Gasteiger partial charge in [-0.1, -0.05) is 22.9 Å². The first-order chi connectivity index (χ1) is 13.4. The number of benzene rings is 2. The van der Waals surface area contributed by atoms with Crippen LogP contribution in [0.5, 0.6) is 5.75 Å². The van der Waals surface area contributed by atoms with Gasteiger partial charge in [0.2, 0.25) is 0 Å². The summed E-state index contributed by atoms with van der Waals surface area (Å²) >= 11 is 5.43. The number of carboxylic acid groups (broad SMARTS) is 1. The van der Waals surface area contributed by atoms with Crippen LogP contribution >= 0.6 is 38.5 Å². The maximum Gasteiger partial charge on any atom is 0.341 e. The fourth-order valence-corrected chi connectivity index (χ4v) is 3.58. The van der Waals surface area contributed by atoms with Gasteiger partial charge in [0.25, 0.3) is 5.56 Å². The van der Waals surface area contributed by atoms with Crippen LogP contribution in [0, 0.1) is 3.57 Å². The Kier molecular flexibility index (Phi) is 6.45. The van der Waals surface area contributed by atoms with Crippen molar-refractivity contribution in [2.24, 2.45) is 5.10 Å². The number of hydrogen-bond acceptors (Lipinski definition) is 5. The van der Waals surface area contributed by atoms with Crippen LogP contribution in [0.25, 0.3) is 10.9 Å². The van der Waals surface area contributed by atoms with Crippen LogP contribution in [0.15, 0.2) is 50.8 Å². The lowest BCUT2D eigenvalue weighted by atomic mass is 10.2. The fraction of sp³-hybridized carbons (Fsp3) is 0.158. The van der Waals surface area contributed by atoms with Gasteiger partial charge in [-0.3, -0.25) is 4.79 Å². The standard InChI is InChI=1S/C19H15BrIN3O4/c1-2-17-23-15-5-4-12(20)8-13(15)19(27)24(17)22-9-11-3-6-16(14(21)7-11)28-10-18(25)26/h3-9H,2,10H2,1H3,(H,25,26). The van der Waals surface area contributed by atoms with Crippen LogP contribution in [-0.2, 0) is 11.2 Å². The molecule has 0 fully saturated rings. The third-order valence-electron chi connectivity index (χ3n) is 3.82. The molecular formula is C19H15BrIN3O4. The van der Waals surface area contributed by atoms with Crippen LogP contribution in [0.3, 0.4) is 0 Å². The van der Waals surface area contributed by atoms with E-state index in [4.69, 9.17) is 9.84 Å². The molecule has 0 saturated heterocycles. The minimum Gasteiger partial charge on any atom is -0.481 e. The van der Waals surface area contributed by atoms with Gasteiger partial charge in [0.05, 0.1) is 20.7 Å². The lowest BCUT2D eigenvalue weighted by Crippen LogP contribution is -2.22. The summed E-state index contributed by atoms with van der Waals surface area (Å²) in [5.41, 5.74) is 1.14. The molecule has 1 N–H and O–H groups in total. The van der Waals surface area contributed by atoms with Crippen LogP contribution in [-0.4, -0.2) is 33.6 Å². The summed E-state index contributed by atoms with van der Waals surface area (Å²) in [6.07, 6.45) is 2.12. The minimum atomic E-state index is -1.04. The van der Waals surface area contributed by atoms with Crippen molar-refractivity contribution in [3.05, 3.63) is 66.2 Å². The SMILES string of the molecule is CCc1nc2ccc(Br)cc2c(=O)n1N=Cc1ccc(OCC(=O)O)c(I)c1. The number of nitrogens with zero attached hydrogens (tertiary/aromatic N) is 3. The van der Waals surface area contributed by atoms with E-state index in [1.165, 1.54) is 4.68 Å². The Morgan fingerprint density at radius 3 is 2.82 bits per heavy atom. The second kappa shape index (κ2) is 8.82. The molecule has 0 aliphatic heterocycles. The van der Waals surface area contributed by atoms with Crippen molar-refractivity contribution in [1.82, 2.24) is 9.66 Å². The van der Waals surface area contributed by atoms with E-state index in [-0.39, 0.29) is 5.56 Å². The highest BCUT2D eigenvalue weighted by Gasteiger charge is 2.10. The molecule has 7 nitrogen and oxygen atoms in total. The van der Waals surface area contributed by atoms with E-state index in [9.17, 15) is 9.59 Å². The van der Waals surface area contributed by atoms with Gasteiger partial charge in [0.15, 0.2) is 6.61 Å². The van der Waals surface area contributed by atoms with Gasteiger partial charge in [0.1, 0.15) is 11.6 Å². The van der Waals surface area contributed by atoms with Crippen molar-refractivity contribution >= 4 is 61.6 Å². The van der Waals surface area contributed by atoms with E-state index in [0.717, 1.165) is 13.6 Å². The molecule has 1 heterocycles. The Hall–Kier alpha value is -2.27. The molecule has 144 valence electrons. The van der Waals surface area contributed by atoms with Gasteiger partial charge in [-0.05, 0) is 64.6 Å². The topological polar surface area (TPSA) is 93.8 Å². The first kappa shape index (κ1) is 20.5. The smallest absolute Gasteiger partial charge is 0.341 e. The zero-order valence-corrected chi connectivity index (χ0v) is 18.5. The highest BCUT2D eigenvalue weighted by Crippen LogP contribution is 2.21. The summed E-state index contributed by atoms with van der Waals surface area (Å²) in [6, 6.07) is 10.6. The molecule has 0 radical (unpaired) electrons. The van der Waals surface area contributed by atoms with Crippen LogP contribution < -0.4 is 10.3 Å². The molecule has 0 aliphatic carbocycles. The number of aryl methyl sites for hydroxylation is 1. The molecule has 0 bridgehead atoms. The quantitative estimate of drug-likeness (QED) is 0.370. The Morgan fingerprint density at radius 2 is 2.14 bits per heavy atom.